The van der Waals surface area contributed by atoms with Gasteiger partial charge in [0.05, 0.1) is 30.2 Å². The fourth-order valence-electron chi connectivity index (χ4n) is 5.17. The van der Waals surface area contributed by atoms with Crippen molar-refractivity contribution in [1.29, 1.82) is 0 Å². The normalized spacial score (nSPS) is 20.6. The van der Waals surface area contributed by atoms with Crippen LogP contribution in [0.15, 0.2) is 30.3 Å². The van der Waals surface area contributed by atoms with Crippen LogP contribution in [0, 0.1) is 11.7 Å². The number of aryl methyl sites for hydroxylation is 1. The summed E-state index contributed by atoms with van der Waals surface area (Å²) in [5.41, 5.74) is 4.61. The minimum atomic E-state index is -0.987. The highest BCUT2D eigenvalue weighted by Crippen LogP contribution is 2.30. The molecular weight excluding hydrogens is 473 g/mol. The van der Waals surface area contributed by atoms with Gasteiger partial charge in [0.1, 0.15) is 11.9 Å². The number of unbranched alkanes of at least 4 members (excludes halogenated alkanes) is 1. The third-order valence-electron chi connectivity index (χ3n) is 7.15. The van der Waals surface area contributed by atoms with Crippen LogP contribution in [-0.2, 0) is 33.7 Å². The summed E-state index contributed by atoms with van der Waals surface area (Å²) in [5.74, 6) is -0.823. The molecule has 2 aliphatic rings. The second kappa shape index (κ2) is 12.8. The second-order valence-electron chi connectivity index (χ2n) is 10.7. The maximum absolute atomic E-state index is 14.1. The van der Waals surface area contributed by atoms with Crippen molar-refractivity contribution in [3.8, 4) is 0 Å². The SMILES string of the molecule is CC1CNc2ccc(CCCCO[C@@H]3CCN(C(C(=O)O)c4cc(F)ccc4COC(C)C)C3)nc2C1. The number of rotatable bonds is 12. The van der Waals surface area contributed by atoms with Gasteiger partial charge in [0.25, 0.3) is 0 Å². The number of carboxylic acids is 1. The molecule has 2 unspecified atom stereocenters. The molecule has 3 atom stereocenters. The first-order valence-electron chi connectivity index (χ1n) is 13.5. The summed E-state index contributed by atoms with van der Waals surface area (Å²) in [6.45, 7) is 9.06. The topological polar surface area (TPSA) is 83.9 Å². The standard InChI is InChI=1S/C29H40FN3O4/c1-19(2)37-18-21-7-8-22(30)15-25(21)28(29(34)35)33-12-11-24(17-33)36-13-5-4-6-23-9-10-26-27(32-23)14-20(3)16-31-26/h7-10,15,19-20,24,28,31H,4-6,11-14,16-18H2,1-3H3,(H,34,35)/t20?,24-,28?/m1/s1. The first kappa shape index (κ1) is 27.5. The average Bonchev–Trinajstić information content (AvgIpc) is 3.31. The Bertz CT molecular complexity index is 1060. The summed E-state index contributed by atoms with van der Waals surface area (Å²) in [6, 6.07) is 7.64. The highest BCUT2D eigenvalue weighted by molar-refractivity contribution is 5.76. The molecule has 37 heavy (non-hydrogen) atoms. The number of fused-ring (bicyclic) bond motifs is 1. The Morgan fingerprint density at radius 1 is 1.27 bits per heavy atom. The van der Waals surface area contributed by atoms with Gasteiger partial charge < -0.3 is 19.9 Å². The molecule has 4 rings (SSSR count). The number of nitrogens with zero attached hydrogens (tertiary/aromatic N) is 2. The summed E-state index contributed by atoms with van der Waals surface area (Å²) < 4.78 is 25.9. The summed E-state index contributed by atoms with van der Waals surface area (Å²) in [4.78, 5) is 19.0. The van der Waals surface area contributed by atoms with Crippen LogP contribution in [0.25, 0.3) is 0 Å². The molecular formula is C29H40FN3O4. The number of hydrogen-bond donors (Lipinski definition) is 2. The molecule has 8 heteroatoms. The van der Waals surface area contributed by atoms with Gasteiger partial charge in [-0.3, -0.25) is 14.7 Å². The quantitative estimate of drug-likeness (QED) is 0.387. The molecule has 0 aliphatic carbocycles. The summed E-state index contributed by atoms with van der Waals surface area (Å²) in [6.07, 6.45) is 4.59. The zero-order chi connectivity index (χ0) is 26.4. The molecule has 202 valence electrons. The average molecular weight is 514 g/mol. The summed E-state index contributed by atoms with van der Waals surface area (Å²) in [5, 5.41) is 13.5. The predicted molar refractivity (Wildman–Crippen MR) is 141 cm³/mol. The number of likely N-dealkylation sites (tertiary alicyclic amines) is 1. The number of ether oxygens (including phenoxy) is 2. The molecule has 1 aromatic heterocycles. The monoisotopic (exact) mass is 513 g/mol. The van der Waals surface area contributed by atoms with Crippen LogP contribution in [-0.4, -0.2) is 59.4 Å². The zero-order valence-electron chi connectivity index (χ0n) is 22.2. The molecule has 2 aliphatic heterocycles. The lowest BCUT2D eigenvalue weighted by Crippen LogP contribution is -2.34. The number of pyridine rings is 1. The van der Waals surface area contributed by atoms with Crippen LogP contribution < -0.4 is 5.32 Å². The van der Waals surface area contributed by atoms with Gasteiger partial charge in [-0.2, -0.15) is 0 Å². The first-order chi connectivity index (χ1) is 17.8. The highest BCUT2D eigenvalue weighted by atomic mass is 19.1. The van der Waals surface area contributed by atoms with Crippen molar-refractivity contribution in [2.45, 2.75) is 77.7 Å². The molecule has 0 saturated carbocycles. The minimum absolute atomic E-state index is 0.00511. The van der Waals surface area contributed by atoms with Crippen molar-refractivity contribution in [3.63, 3.8) is 0 Å². The molecule has 0 radical (unpaired) electrons. The van der Waals surface area contributed by atoms with E-state index in [1.165, 1.54) is 17.8 Å². The van der Waals surface area contributed by atoms with Crippen molar-refractivity contribution >= 4 is 11.7 Å². The van der Waals surface area contributed by atoms with Crippen LogP contribution in [0.5, 0.6) is 0 Å². The van der Waals surface area contributed by atoms with E-state index in [1.807, 2.05) is 18.7 Å². The van der Waals surface area contributed by atoms with Crippen molar-refractivity contribution < 1.29 is 23.8 Å². The lowest BCUT2D eigenvalue weighted by molar-refractivity contribution is -0.143. The number of aromatic nitrogens is 1. The fourth-order valence-corrected chi connectivity index (χ4v) is 5.17. The van der Waals surface area contributed by atoms with Gasteiger partial charge in [0.15, 0.2) is 0 Å². The van der Waals surface area contributed by atoms with Gasteiger partial charge in [-0.1, -0.05) is 13.0 Å². The molecule has 0 amide bonds. The Morgan fingerprint density at radius 2 is 2.11 bits per heavy atom. The molecule has 1 saturated heterocycles. The van der Waals surface area contributed by atoms with Gasteiger partial charge >= 0.3 is 5.97 Å². The van der Waals surface area contributed by atoms with E-state index >= 15 is 0 Å². The van der Waals surface area contributed by atoms with E-state index in [9.17, 15) is 14.3 Å². The number of anilines is 1. The fraction of sp³-hybridized carbons (Fsp3) is 0.586. The summed E-state index contributed by atoms with van der Waals surface area (Å²) in [7, 11) is 0. The molecule has 0 bridgehead atoms. The highest BCUT2D eigenvalue weighted by Gasteiger charge is 2.35. The molecule has 2 N–H and O–H groups in total. The molecule has 1 fully saturated rings. The summed E-state index contributed by atoms with van der Waals surface area (Å²) >= 11 is 0. The van der Waals surface area contributed by atoms with Crippen LogP contribution in [0.3, 0.4) is 0 Å². The number of aliphatic carboxylic acids is 1. The van der Waals surface area contributed by atoms with Crippen LogP contribution >= 0.6 is 0 Å². The number of halogens is 1. The van der Waals surface area contributed by atoms with Gasteiger partial charge in [-0.05, 0) is 87.3 Å². The van der Waals surface area contributed by atoms with Crippen LogP contribution in [0.4, 0.5) is 10.1 Å². The smallest absolute Gasteiger partial charge is 0.325 e. The van der Waals surface area contributed by atoms with Crippen LogP contribution in [0.1, 0.15) is 68.6 Å². The van der Waals surface area contributed by atoms with Gasteiger partial charge in [-0.15, -0.1) is 0 Å². The Morgan fingerprint density at radius 3 is 2.89 bits per heavy atom. The number of carbonyl (C=O) groups is 1. The minimum Gasteiger partial charge on any atom is -0.480 e. The lowest BCUT2D eigenvalue weighted by atomic mass is 9.99. The third-order valence-corrected chi connectivity index (χ3v) is 7.15. The largest absolute Gasteiger partial charge is 0.480 e. The number of benzene rings is 1. The second-order valence-corrected chi connectivity index (χ2v) is 10.7. The van der Waals surface area contributed by atoms with Crippen molar-refractivity contribution in [3.05, 3.63) is 58.7 Å². The Hall–Kier alpha value is -2.55. The van der Waals surface area contributed by atoms with E-state index in [2.05, 4.69) is 24.4 Å². The molecule has 7 nitrogen and oxygen atoms in total. The van der Waals surface area contributed by atoms with Gasteiger partial charge in [-0.25, -0.2) is 4.39 Å². The lowest BCUT2D eigenvalue weighted by Gasteiger charge is -2.26. The molecule has 1 aromatic carbocycles. The van der Waals surface area contributed by atoms with E-state index in [0.717, 1.165) is 50.0 Å². The van der Waals surface area contributed by atoms with Gasteiger partial charge in [0, 0.05) is 31.9 Å². The predicted octanol–water partition coefficient (Wildman–Crippen LogP) is 4.99. The zero-order valence-corrected chi connectivity index (χ0v) is 22.2. The Balaban J connectivity index is 1.26. The molecule has 3 heterocycles. The Kier molecular flexibility index (Phi) is 9.51. The van der Waals surface area contributed by atoms with E-state index < -0.39 is 17.8 Å². The van der Waals surface area contributed by atoms with E-state index in [4.69, 9.17) is 14.5 Å². The number of hydrogen-bond acceptors (Lipinski definition) is 6. The van der Waals surface area contributed by atoms with Crippen molar-refractivity contribution in [2.75, 3.05) is 31.6 Å². The molecule has 2 aromatic rings. The van der Waals surface area contributed by atoms with E-state index in [-0.39, 0.29) is 18.8 Å². The van der Waals surface area contributed by atoms with Crippen LogP contribution in [0.2, 0.25) is 0 Å². The third kappa shape index (κ3) is 7.49. The maximum atomic E-state index is 14.1. The number of carboxylic acid groups (broad SMARTS) is 1. The maximum Gasteiger partial charge on any atom is 0.325 e. The Labute approximate surface area is 219 Å². The van der Waals surface area contributed by atoms with Crippen molar-refractivity contribution in [2.24, 2.45) is 5.92 Å². The van der Waals surface area contributed by atoms with Crippen molar-refractivity contribution in [1.82, 2.24) is 9.88 Å². The molecule has 0 spiro atoms. The van der Waals surface area contributed by atoms with Gasteiger partial charge in [0.2, 0.25) is 0 Å². The first-order valence-corrected chi connectivity index (χ1v) is 13.5. The van der Waals surface area contributed by atoms with E-state index in [0.29, 0.717) is 36.7 Å². The number of nitrogens with one attached hydrogen (secondary N) is 1. The van der Waals surface area contributed by atoms with E-state index in [1.54, 1.807) is 6.07 Å².